The fourth-order valence-corrected chi connectivity index (χ4v) is 7.12. The van der Waals surface area contributed by atoms with E-state index in [2.05, 4.69) is 170 Å². The topological polar surface area (TPSA) is 0 Å². The Morgan fingerprint density at radius 1 is 0.227 bits per heavy atom. The predicted octanol–water partition coefficient (Wildman–Crippen LogP) is 12.3. The van der Waals surface area contributed by atoms with Crippen LogP contribution in [-0.2, 0) is 0 Å². The molecule has 0 aromatic heterocycles. The smallest absolute Gasteiger partial charge is 0.00201 e. The Morgan fingerprint density at radius 2 is 0.795 bits per heavy atom. The molecule has 8 aromatic carbocycles. The van der Waals surface area contributed by atoms with Gasteiger partial charge in [-0.3, -0.25) is 0 Å². The van der Waals surface area contributed by atoms with E-state index in [9.17, 15) is 0 Å². The summed E-state index contributed by atoms with van der Waals surface area (Å²) in [6, 6.07) is 62.3. The van der Waals surface area contributed by atoms with Gasteiger partial charge in [0.1, 0.15) is 0 Å². The van der Waals surface area contributed by atoms with Crippen LogP contribution in [0.5, 0.6) is 0 Å². The molecule has 0 spiro atoms. The SMILES string of the molecule is c1ccc(-c2ccc(-c3cccc(-c4ccc5c6c(cccc46)-c4ccccc4-5)c3)cc2-c2ccc3ccccc3c2)cc1. The molecule has 9 rings (SSSR count). The lowest BCUT2D eigenvalue weighted by Gasteiger charge is -2.15. The normalized spacial score (nSPS) is 11.6. The highest BCUT2D eigenvalue weighted by Crippen LogP contribution is 2.49. The third-order valence-electron chi connectivity index (χ3n) is 9.22. The fraction of sp³-hybridized carbons (Fsp3) is 0. The first-order chi connectivity index (χ1) is 21.8. The molecule has 44 heavy (non-hydrogen) atoms. The molecule has 8 aromatic rings. The number of rotatable bonds is 4. The van der Waals surface area contributed by atoms with Gasteiger partial charge in [0.2, 0.25) is 0 Å². The Morgan fingerprint density at radius 3 is 1.66 bits per heavy atom. The molecule has 0 heterocycles. The zero-order valence-corrected chi connectivity index (χ0v) is 24.2. The maximum Gasteiger partial charge on any atom is -0.00201 e. The molecule has 0 atom stereocenters. The Balaban J connectivity index is 1.19. The molecule has 0 fully saturated rings. The van der Waals surface area contributed by atoms with Crippen molar-refractivity contribution in [2.45, 2.75) is 0 Å². The summed E-state index contributed by atoms with van der Waals surface area (Å²) in [5, 5.41) is 5.19. The molecule has 0 radical (unpaired) electrons. The zero-order valence-electron chi connectivity index (χ0n) is 24.2. The maximum atomic E-state index is 2.37. The van der Waals surface area contributed by atoms with Crippen molar-refractivity contribution in [1.29, 1.82) is 0 Å². The molecule has 0 nitrogen and oxygen atoms in total. The summed E-state index contributed by atoms with van der Waals surface area (Å²) in [6.45, 7) is 0. The van der Waals surface area contributed by atoms with Gasteiger partial charge in [-0.2, -0.15) is 0 Å². The van der Waals surface area contributed by atoms with Gasteiger partial charge >= 0.3 is 0 Å². The first-order valence-corrected chi connectivity index (χ1v) is 15.3. The van der Waals surface area contributed by atoms with Crippen LogP contribution in [0.2, 0.25) is 0 Å². The molecular weight excluding hydrogens is 528 g/mol. The van der Waals surface area contributed by atoms with Crippen LogP contribution in [0.1, 0.15) is 0 Å². The van der Waals surface area contributed by atoms with E-state index in [0.717, 1.165) is 0 Å². The summed E-state index contributed by atoms with van der Waals surface area (Å²) < 4.78 is 0. The second kappa shape index (κ2) is 9.93. The molecule has 0 heteroatoms. The Hall–Kier alpha value is -5.72. The van der Waals surface area contributed by atoms with Crippen LogP contribution in [0.25, 0.3) is 88.3 Å². The van der Waals surface area contributed by atoms with E-state index in [1.807, 2.05) is 0 Å². The lowest BCUT2D eigenvalue weighted by molar-refractivity contribution is 1.57. The van der Waals surface area contributed by atoms with Crippen LogP contribution in [0.15, 0.2) is 170 Å². The molecule has 1 aliphatic carbocycles. The molecule has 0 amide bonds. The van der Waals surface area contributed by atoms with Gasteiger partial charge in [0.05, 0.1) is 0 Å². The van der Waals surface area contributed by atoms with Crippen LogP contribution in [0, 0.1) is 0 Å². The Kier molecular flexibility index (Phi) is 5.61. The molecule has 0 unspecified atom stereocenters. The van der Waals surface area contributed by atoms with Crippen molar-refractivity contribution in [3.8, 4) is 66.8 Å². The summed E-state index contributed by atoms with van der Waals surface area (Å²) in [4.78, 5) is 0. The van der Waals surface area contributed by atoms with Crippen LogP contribution in [0.3, 0.4) is 0 Å². The van der Waals surface area contributed by atoms with Gasteiger partial charge in [-0.05, 0) is 107 Å². The van der Waals surface area contributed by atoms with Crippen LogP contribution < -0.4 is 0 Å². The van der Waals surface area contributed by atoms with Gasteiger partial charge in [-0.15, -0.1) is 0 Å². The van der Waals surface area contributed by atoms with Crippen molar-refractivity contribution in [2.75, 3.05) is 0 Å². The van der Waals surface area contributed by atoms with Crippen molar-refractivity contribution in [3.63, 3.8) is 0 Å². The van der Waals surface area contributed by atoms with E-state index < -0.39 is 0 Å². The molecule has 204 valence electrons. The van der Waals surface area contributed by atoms with Gasteiger partial charge in [0.25, 0.3) is 0 Å². The molecule has 0 saturated carbocycles. The first kappa shape index (κ1) is 24.8. The lowest BCUT2D eigenvalue weighted by atomic mass is 9.89. The van der Waals surface area contributed by atoms with Crippen molar-refractivity contribution in [1.82, 2.24) is 0 Å². The average Bonchev–Trinajstić information content (AvgIpc) is 3.43. The van der Waals surface area contributed by atoms with Gasteiger partial charge in [-0.1, -0.05) is 152 Å². The number of fused-ring (bicyclic) bond motifs is 4. The highest BCUT2D eigenvalue weighted by Gasteiger charge is 2.22. The summed E-state index contributed by atoms with van der Waals surface area (Å²) in [5.74, 6) is 0. The van der Waals surface area contributed by atoms with Gasteiger partial charge in [0.15, 0.2) is 0 Å². The third kappa shape index (κ3) is 3.92. The largest absolute Gasteiger partial charge is 0.0622 e. The minimum atomic E-state index is 1.22. The minimum absolute atomic E-state index is 1.22. The standard InChI is InChI=1S/C44H28/c1-2-11-30(12-3-1)36-23-22-33(28-43(36)35-21-20-29-10-4-5-13-31(29)26-35)32-14-8-15-34(27-32)37-24-25-42-39-17-7-6-16-38(39)41-19-9-18-40(37)44(41)42/h1-28H. The van der Waals surface area contributed by atoms with Crippen molar-refractivity contribution < 1.29 is 0 Å². The van der Waals surface area contributed by atoms with E-state index in [1.165, 1.54) is 88.3 Å². The minimum Gasteiger partial charge on any atom is -0.0622 e. The van der Waals surface area contributed by atoms with Crippen LogP contribution in [0.4, 0.5) is 0 Å². The zero-order chi connectivity index (χ0) is 29.0. The van der Waals surface area contributed by atoms with Gasteiger partial charge in [-0.25, -0.2) is 0 Å². The number of hydrogen-bond acceptors (Lipinski definition) is 0. The average molecular weight is 557 g/mol. The predicted molar refractivity (Wildman–Crippen MR) is 188 cm³/mol. The number of hydrogen-bond donors (Lipinski definition) is 0. The molecule has 0 bridgehead atoms. The highest BCUT2D eigenvalue weighted by molar-refractivity contribution is 6.18. The van der Waals surface area contributed by atoms with Gasteiger partial charge < -0.3 is 0 Å². The quantitative estimate of drug-likeness (QED) is 0.202. The second-order valence-corrected chi connectivity index (χ2v) is 11.7. The van der Waals surface area contributed by atoms with Crippen molar-refractivity contribution >= 4 is 21.5 Å². The maximum absolute atomic E-state index is 2.37. The number of benzene rings is 8. The monoisotopic (exact) mass is 556 g/mol. The molecule has 0 aliphatic heterocycles. The van der Waals surface area contributed by atoms with Crippen molar-refractivity contribution in [3.05, 3.63) is 170 Å². The van der Waals surface area contributed by atoms with Crippen LogP contribution in [-0.4, -0.2) is 0 Å². The van der Waals surface area contributed by atoms with E-state index in [4.69, 9.17) is 0 Å². The van der Waals surface area contributed by atoms with E-state index in [1.54, 1.807) is 0 Å². The third-order valence-corrected chi connectivity index (χ3v) is 9.22. The summed E-state index contributed by atoms with van der Waals surface area (Å²) in [6.07, 6.45) is 0. The second-order valence-electron chi connectivity index (χ2n) is 11.7. The molecule has 0 N–H and O–H groups in total. The fourth-order valence-electron chi connectivity index (χ4n) is 7.12. The summed E-state index contributed by atoms with van der Waals surface area (Å²) in [5.41, 5.74) is 15.2. The first-order valence-electron chi connectivity index (χ1n) is 15.3. The van der Waals surface area contributed by atoms with Crippen molar-refractivity contribution in [2.24, 2.45) is 0 Å². The van der Waals surface area contributed by atoms with E-state index in [-0.39, 0.29) is 0 Å². The lowest BCUT2D eigenvalue weighted by Crippen LogP contribution is -1.89. The Labute approximate surface area is 257 Å². The van der Waals surface area contributed by atoms with E-state index >= 15 is 0 Å². The van der Waals surface area contributed by atoms with E-state index in [0.29, 0.717) is 0 Å². The summed E-state index contributed by atoms with van der Waals surface area (Å²) in [7, 11) is 0. The van der Waals surface area contributed by atoms with Gasteiger partial charge in [0, 0.05) is 0 Å². The Bertz CT molecular complexity index is 2350. The molecular formula is C44H28. The highest BCUT2D eigenvalue weighted by atomic mass is 14.2. The summed E-state index contributed by atoms with van der Waals surface area (Å²) >= 11 is 0. The molecule has 1 aliphatic rings. The molecule has 0 saturated heterocycles. The van der Waals surface area contributed by atoms with Crippen LogP contribution >= 0.6 is 0 Å².